The Labute approximate surface area is 178 Å². The molecule has 1 amide bonds. The van der Waals surface area contributed by atoms with E-state index in [9.17, 15) is 19.5 Å². The average Bonchev–Trinajstić information content (AvgIpc) is 2.72. The van der Waals surface area contributed by atoms with Gasteiger partial charge in [0.15, 0.2) is 0 Å². The van der Waals surface area contributed by atoms with Crippen LogP contribution in [0, 0.1) is 0 Å². The van der Waals surface area contributed by atoms with Crippen LogP contribution in [0.3, 0.4) is 0 Å². The number of carbonyl (C=O) groups is 3. The fourth-order valence-corrected chi connectivity index (χ4v) is 4.00. The molecule has 166 valence electrons. The summed E-state index contributed by atoms with van der Waals surface area (Å²) >= 11 is 0. The Hall–Kier alpha value is -2.41. The van der Waals surface area contributed by atoms with Gasteiger partial charge in [-0.2, -0.15) is 0 Å². The largest absolute Gasteiger partial charge is 0.480 e. The number of carboxylic acid groups (broad SMARTS) is 1. The highest BCUT2D eigenvalue weighted by molar-refractivity contribution is 5.88. The summed E-state index contributed by atoms with van der Waals surface area (Å²) in [6, 6.07) is 7.52. The van der Waals surface area contributed by atoms with Gasteiger partial charge in [-0.15, -0.1) is 0 Å². The van der Waals surface area contributed by atoms with Crippen LogP contribution in [0.4, 0.5) is 0 Å². The van der Waals surface area contributed by atoms with Crippen LogP contribution in [0.5, 0.6) is 0 Å². The van der Waals surface area contributed by atoms with Gasteiger partial charge in [-0.05, 0) is 52.0 Å². The molecular formula is C23H34N2O5. The summed E-state index contributed by atoms with van der Waals surface area (Å²) in [5.74, 6) is -1.67. The topological polar surface area (TPSA) is 95.9 Å². The molecule has 0 saturated carbocycles. The van der Waals surface area contributed by atoms with Crippen LogP contribution in [-0.2, 0) is 25.5 Å². The minimum Gasteiger partial charge on any atom is -0.480 e. The molecule has 4 atom stereocenters. The van der Waals surface area contributed by atoms with Gasteiger partial charge in [0.1, 0.15) is 12.1 Å². The first-order chi connectivity index (χ1) is 14.3. The van der Waals surface area contributed by atoms with Gasteiger partial charge in [-0.3, -0.25) is 14.9 Å². The molecule has 0 spiro atoms. The van der Waals surface area contributed by atoms with E-state index in [0.717, 1.165) is 24.8 Å². The van der Waals surface area contributed by atoms with E-state index in [1.54, 1.807) is 6.92 Å². The molecule has 4 unspecified atom stereocenters. The van der Waals surface area contributed by atoms with Crippen molar-refractivity contribution in [1.82, 2.24) is 10.2 Å². The van der Waals surface area contributed by atoms with E-state index in [4.69, 9.17) is 4.74 Å². The van der Waals surface area contributed by atoms with E-state index in [-0.39, 0.29) is 24.5 Å². The number of amides is 1. The Balaban J connectivity index is 2.18. The molecule has 1 aromatic carbocycles. The fraction of sp³-hybridized carbons (Fsp3) is 0.609. The number of carboxylic acids is 1. The Bertz CT molecular complexity index is 709. The maximum atomic E-state index is 13.3. The molecular weight excluding hydrogens is 384 g/mol. The van der Waals surface area contributed by atoms with E-state index < -0.39 is 24.1 Å². The molecule has 1 saturated heterocycles. The van der Waals surface area contributed by atoms with E-state index in [2.05, 4.69) is 5.32 Å². The van der Waals surface area contributed by atoms with Crippen LogP contribution < -0.4 is 5.32 Å². The van der Waals surface area contributed by atoms with Gasteiger partial charge in [0.05, 0.1) is 12.6 Å². The van der Waals surface area contributed by atoms with Gasteiger partial charge in [0.25, 0.3) is 0 Å². The summed E-state index contributed by atoms with van der Waals surface area (Å²) in [5, 5.41) is 12.7. The third kappa shape index (κ3) is 6.55. The standard InChI is InChI=1S/C23H34N2O5/c1-4-30-23(29)20(15-14-18-11-6-5-7-12-18)24-19-13-9-8-10-16(2)25(21(19)26)17(3)22(27)28/h5-7,11-12,16-17,19-20,24H,4,8-10,13-15H2,1-3H3,(H,27,28). The number of nitrogens with one attached hydrogen (secondary N) is 1. The van der Waals surface area contributed by atoms with Crippen LogP contribution in [-0.4, -0.2) is 58.6 Å². The lowest BCUT2D eigenvalue weighted by molar-refractivity contribution is -0.154. The minimum atomic E-state index is -1.03. The van der Waals surface area contributed by atoms with Gasteiger partial charge in [-0.1, -0.05) is 43.2 Å². The van der Waals surface area contributed by atoms with Crippen molar-refractivity contribution >= 4 is 17.8 Å². The molecule has 1 fully saturated rings. The SMILES string of the molecule is CCOC(=O)C(CCc1ccccc1)NC1CCCCC(C)N(C(C)C(=O)O)C1=O. The molecule has 2 N–H and O–H groups in total. The Morgan fingerprint density at radius 3 is 2.53 bits per heavy atom. The van der Waals surface area contributed by atoms with Crippen molar-refractivity contribution in [2.75, 3.05) is 6.61 Å². The van der Waals surface area contributed by atoms with Crippen molar-refractivity contribution in [3.8, 4) is 0 Å². The van der Waals surface area contributed by atoms with Gasteiger partial charge in [0.2, 0.25) is 5.91 Å². The average molecular weight is 419 g/mol. The van der Waals surface area contributed by atoms with Gasteiger partial charge in [-0.25, -0.2) is 4.79 Å². The number of carbonyl (C=O) groups excluding carboxylic acids is 2. The number of aryl methyl sites for hydroxylation is 1. The number of benzene rings is 1. The summed E-state index contributed by atoms with van der Waals surface area (Å²) in [7, 11) is 0. The second-order valence-corrected chi connectivity index (χ2v) is 7.94. The molecule has 1 aliphatic rings. The van der Waals surface area contributed by atoms with Crippen molar-refractivity contribution in [2.45, 2.75) is 83.5 Å². The van der Waals surface area contributed by atoms with Crippen molar-refractivity contribution in [1.29, 1.82) is 0 Å². The van der Waals surface area contributed by atoms with Crippen LogP contribution in [0.25, 0.3) is 0 Å². The van der Waals surface area contributed by atoms with E-state index in [0.29, 0.717) is 19.3 Å². The lowest BCUT2D eigenvalue weighted by atomic mass is 9.96. The predicted molar refractivity (Wildman–Crippen MR) is 114 cm³/mol. The monoisotopic (exact) mass is 418 g/mol. The zero-order valence-electron chi connectivity index (χ0n) is 18.2. The third-order valence-electron chi connectivity index (χ3n) is 5.70. The second kappa shape index (κ2) is 11.7. The number of ether oxygens (including phenoxy) is 1. The summed E-state index contributed by atoms with van der Waals surface area (Å²) in [5.41, 5.74) is 1.10. The normalized spacial score (nSPS) is 22.0. The zero-order valence-corrected chi connectivity index (χ0v) is 18.2. The molecule has 7 heteroatoms. The number of esters is 1. The minimum absolute atomic E-state index is 0.168. The summed E-state index contributed by atoms with van der Waals surface area (Å²) < 4.78 is 5.24. The first-order valence-electron chi connectivity index (χ1n) is 10.9. The number of hydrogen-bond acceptors (Lipinski definition) is 5. The summed E-state index contributed by atoms with van der Waals surface area (Å²) in [4.78, 5) is 38.9. The number of nitrogens with zero attached hydrogens (tertiary/aromatic N) is 1. The Kier molecular flexibility index (Phi) is 9.30. The van der Waals surface area contributed by atoms with E-state index in [1.807, 2.05) is 37.3 Å². The molecule has 0 bridgehead atoms. The molecule has 0 aliphatic carbocycles. The quantitative estimate of drug-likeness (QED) is 0.599. The van der Waals surface area contributed by atoms with Crippen LogP contribution >= 0.6 is 0 Å². The highest BCUT2D eigenvalue weighted by Crippen LogP contribution is 2.21. The van der Waals surface area contributed by atoms with Crippen LogP contribution in [0.1, 0.15) is 58.4 Å². The molecule has 1 heterocycles. The van der Waals surface area contributed by atoms with Crippen molar-refractivity contribution in [3.63, 3.8) is 0 Å². The lowest BCUT2D eigenvalue weighted by Gasteiger charge is -2.38. The summed E-state index contributed by atoms with van der Waals surface area (Å²) in [6.07, 6.45) is 4.25. The van der Waals surface area contributed by atoms with E-state index in [1.165, 1.54) is 11.8 Å². The smallest absolute Gasteiger partial charge is 0.326 e. The highest BCUT2D eigenvalue weighted by Gasteiger charge is 2.37. The molecule has 2 rings (SSSR count). The molecule has 0 radical (unpaired) electrons. The first kappa shape index (κ1) is 23.9. The van der Waals surface area contributed by atoms with Crippen LogP contribution in [0.15, 0.2) is 30.3 Å². The molecule has 1 aliphatic heterocycles. The Morgan fingerprint density at radius 2 is 1.90 bits per heavy atom. The third-order valence-corrected chi connectivity index (χ3v) is 5.70. The van der Waals surface area contributed by atoms with Gasteiger partial charge >= 0.3 is 11.9 Å². The van der Waals surface area contributed by atoms with Crippen LogP contribution in [0.2, 0.25) is 0 Å². The fourth-order valence-electron chi connectivity index (χ4n) is 4.00. The molecule has 7 nitrogen and oxygen atoms in total. The molecule has 0 aromatic heterocycles. The number of aliphatic carboxylic acids is 1. The second-order valence-electron chi connectivity index (χ2n) is 7.94. The van der Waals surface area contributed by atoms with Crippen molar-refractivity contribution in [2.24, 2.45) is 0 Å². The lowest BCUT2D eigenvalue weighted by Crippen LogP contribution is -2.58. The Morgan fingerprint density at radius 1 is 1.23 bits per heavy atom. The van der Waals surface area contributed by atoms with Crippen molar-refractivity contribution < 1.29 is 24.2 Å². The van der Waals surface area contributed by atoms with E-state index >= 15 is 0 Å². The molecule has 1 aromatic rings. The number of hydrogen-bond donors (Lipinski definition) is 2. The number of rotatable bonds is 9. The first-order valence-corrected chi connectivity index (χ1v) is 10.9. The predicted octanol–water partition coefficient (Wildman–Crippen LogP) is 2.77. The maximum Gasteiger partial charge on any atom is 0.326 e. The maximum absolute atomic E-state index is 13.3. The van der Waals surface area contributed by atoms with Crippen molar-refractivity contribution in [3.05, 3.63) is 35.9 Å². The highest BCUT2D eigenvalue weighted by atomic mass is 16.5. The van der Waals surface area contributed by atoms with Gasteiger partial charge < -0.3 is 14.7 Å². The number of likely N-dealkylation sites (tertiary alicyclic amines) is 1. The molecule has 30 heavy (non-hydrogen) atoms. The zero-order chi connectivity index (χ0) is 22.1. The summed E-state index contributed by atoms with van der Waals surface area (Å²) in [6.45, 7) is 5.44. The van der Waals surface area contributed by atoms with Gasteiger partial charge in [0, 0.05) is 6.04 Å².